The number of carbonyl (C=O) groups excluding carboxylic acids is 1. The van der Waals surface area contributed by atoms with Crippen LogP contribution < -0.4 is 10.6 Å². The van der Waals surface area contributed by atoms with E-state index in [2.05, 4.69) is 20.6 Å². The molecule has 3 rings (SSSR count). The van der Waals surface area contributed by atoms with Crippen LogP contribution in [0.4, 0.5) is 4.39 Å². The Labute approximate surface area is 128 Å². The van der Waals surface area contributed by atoms with Gasteiger partial charge in [0.1, 0.15) is 11.5 Å². The lowest BCUT2D eigenvalue weighted by molar-refractivity contribution is 0.0945. The molecule has 0 unspecified atom stereocenters. The van der Waals surface area contributed by atoms with E-state index in [1.54, 1.807) is 18.3 Å². The van der Waals surface area contributed by atoms with Crippen LogP contribution in [0.15, 0.2) is 36.7 Å². The topological polar surface area (TPSA) is 66.9 Å². The van der Waals surface area contributed by atoms with Crippen molar-refractivity contribution in [1.82, 2.24) is 20.6 Å². The second kappa shape index (κ2) is 6.62. The van der Waals surface area contributed by atoms with E-state index < -0.39 is 0 Å². The number of nitrogens with zero attached hydrogens (tertiary/aromatic N) is 2. The highest BCUT2D eigenvalue weighted by Crippen LogP contribution is 2.20. The smallest absolute Gasteiger partial charge is 0.271 e. The highest BCUT2D eigenvalue weighted by molar-refractivity contribution is 5.91. The molecule has 0 saturated carbocycles. The molecule has 114 valence electrons. The van der Waals surface area contributed by atoms with E-state index in [-0.39, 0.29) is 17.8 Å². The lowest BCUT2D eigenvalue weighted by atomic mass is 10.1. The molecule has 5 nitrogen and oxygen atoms in total. The summed E-state index contributed by atoms with van der Waals surface area (Å²) in [6.07, 6.45) is 5.26. The Morgan fingerprint density at radius 3 is 2.86 bits per heavy atom. The molecule has 1 amide bonds. The van der Waals surface area contributed by atoms with E-state index in [1.165, 1.54) is 18.3 Å². The minimum atomic E-state index is -0.294. The average molecular weight is 300 g/mol. The average Bonchev–Trinajstić information content (AvgIpc) is 3.09. The molecule has 1 fully saturated rings. The van der Waals surface area contributed by atoms with Crippen molar-refractivity contribution in [2.24, 2.45) is 0 Å². The number of hydrogen-bond acceptors (Lipinski definition) is 4. The Morgan fingerprint density at radius 2 is 2.14 bits per heavy atom. The largest absolute Gasteiger partial charge is 0.347 e. The van der Waals surface area contributed by atoms with E-state index in [4.69, 9.17) is 0 Å². The van der Waals surface area contributed by atoms with Gasteiger partial charge in [-0.1, -0.05) is 12.1 Å². The summed E-state index contributed by atoms with van der Waals surface area (Å²) < 4.78 is 12.8. The lowest BCUT2D eigenvalue weighted by Crippen LogP contribution is -2.25. The summed E-state index contributed by atoms with van der Waals surface area (Å²) >= 11 is 0. The van der Waals surface area contributed by atoms with Crippen LogP contribution in [0.5, 0.6) is 0 Å². The summed E-state index contributed by atoms with van der Waals surface area (Å²) in [4.78, 5) is 20.6. The number of hydrogen-bond donors (Lipinski definition) is 2. The van der Waals surface area contributed by atoms with Gasteiger partial charge in [-0.05, 0) is 37.1 Å². The first-order valence-electron chi connectivity index (χ1n) is 7.30. The fourth-order valence-electron chi connectivity index (χ4n) is 2.47. The van der Waals surface area contributed by atoms with Gasteiger partial charge in [0.15, 0.2) is 0 Å². The summed E-state index contributed by atoms with van der Waals surface area (Å²) in [5, 5.41) is 6.10. The summed E-state index contributed by atoms with van der Waals surface area (Å²) in [7, 11) is 0. The molecule has 1 aliphatic rings. The molecule has 0 aliphatic carbocycles. The monoisotopic (exact) mass is 300 g/mol. The van der Waals surface area contributed by atoms with Gasteiger partial charge in [0.25, 0.3) is 5.91 Å². The third-order valence-corrected chi connectivity index (χ3v) is 3.67. The van der Waals surface area contributed by atoms with Gasteiger partial charge >= 0.3 is 0 Å². The van der Waals surface area contributed by atoms with E-state index in [0.717, 1.165) is 30.6 Å². The van der Waals surface area contributed by atoms with Gasteiger partial charge in [-0.3, -0.25) is 9.78 Å². The molecular formula is C16H17FN4O. The number of halogens is 1. The van der Waals surface area contributed by atoms with Crippen LogP contribution in [0, 0.1) is 5.82 Å². The molecule has 0 bridgehead atoms. The summed E-state index contributed by atoms with van der Waals surface area (Å²) in [5.41, 5.74) is 1.93. The van der Waals surface area contributed by atoms with Crippen molar-refractivity contribution in [2.75, 3.05) is 6.54 Å². The maximum absolute atomic E-state index is 12.8. The highest BCUT2D eigenvalue weighted by atomic mass is 19.1. The normalized spacial score (nSPS) is 17.4. The summed E-state index contributed by atoms with van der Waals surface area (Å²) in [5.74, 6) is -0.575. The molecule has 1 aromatic heterocycles. The van der Waals surface area contributed by atoms with Crippen molar-refractivity contribution in [3.8, 4) is 0 Å². The minimum absolute atomic E-state index is 0.178. The molecule has 2 aromatic rings. The predicted molar refractivity (Wildman–Crippen MR) is 79.6 cm³/mol. The number of benzene rings is 1. The van der Waals surface area contributed by atoms with Gasteiger partial charge in [0, 0.05) is 6.54 Å². The second-order valence-corrected chi connectivity index (χ2v) is 5.29. The Bertz CT molecular complexity index is 653. The maximum Gasteiger partial charge on any atom is 0.271 e. The molecule has 1 aliphatic heterocycles. The van der Waals surface area contributed by atoms with Gasteiger partial charge in [0.05, 0.1) is 24.1 Å². The number of carbonyl (C=O) groups is 1. The van der Waals surface area contributed by atoms with Crippen molar-refractivity contribution in [3.63, 3.8) is 0 Å². The molecule has 0 radical (unpaired) electrons. The van der Waals surface area contributed by atoms with Gasteiger partial charge in [-0.2, -0.15) is 0 Å². The van der Waals surface area contributed by atoms with Gasteiger partial charge < -0.3 is 10.6 Å². The van der Waals surface area contributed by atoms with Crippen LogP contribution >= 0.6 is 0 Å². The SMILES string of the molecule is O=C(NCc1ccc(F)cc1)c1cncc([C@H]2CCCN2)n1. The van der Waals surface area contributed by atoms with Crippen molar-refractivity contribution in [1.29, 1.82) is 0 Å². The first kappa shape index (κ1) is 14.6. The minimum Gasteiger partial charge on any atom is -0.347 e. The Kier molecular flexibility index (Phi) is 4.39. The zero-order chi connectivity index (χ0) is 15.4. The highest BCUT2D eigenvalue weighted by Gasteiger charge is 2.19. The predicted octanol–water partition coefficient (Wildman–Crippen LogP) is 1.97. The molecule has 2 heterocycles. The van der Waals surface area contributed by atoms with Crippen LogP contribution in [0.1, 0.15) is 40.6 Å². The number of aromatic nitrogens is 2. The van der Waals surface area contributed by atoms with E-state index >= 15 is 0 Å². The third-order valence-electron chi connectivity index (χ3n) is 3.67. The molecule has 6 heteroatoms. The number of nitrogens with one attached hydrogen (secondary N) is 2. The maximum atomic E-state index is 12.8. The van der Waals surface area contributed by atoms with Crippen molar-refractivity contribution < 1.29 is 9.18 Å². The molecule has 1 aromatic carbocycles. The molecule has 2 N–H and O–H groups in total. The number of amides is 1. The van der Waals surface area contributed by atoms with Crippen LogP contribution in [0.25, 0.3) is 0 Å². The molecule has 0 spiro atoms. The van der Waals surface area contributed by atoms with E-state index in [9.17, 15) is 9.18 Å². The number of rotatable bonds is 4. The van der Waals surface area contributed by atoms with Gasteiger partial charge in [0.2, 0.25) is 0 Å². The zero-order valence-corrected chi connectivity index (χ0v) is 12.1. The Balaban J connectivity index is 1.64. The fraction of sp³-hybridized carbons (Fsp3) is 0.312. The van der Waals surface area contributed by atoms with E-state index in [0.29, 0.717) is 12.2 Å². The summed E-state index contributed by atoms with van der Waals surface area (Å²) in [6, 6.07) is 6.19. The van der Waals surface area contributed by atoms with Crippen LogP contribution in [0.3, 0.4) is 0 Å². The lowest BCUT2D eigenvalue weighted by Gasteiger charge is -2.10. The van der Waals surface area contributed by atoms with Gasteiger partial charge in [-0.25, -0.2) is 9.37 Å². The van der Waals surface area contributed by atoms with Crippen LogP contribution in [0.2, 0.25) is 0 Å². The van der Waals surface area contributed by atoms with Crippen molar-refractivity contribution >= 4 is 5.91 Å². The molecule has 1 atom stereocenters. The Hall–Kier alpha value is -2.34. The standard InChI is InChI=1S/C16H17FN4O/c17-12-5-3-11(4-6-12)8-20-16(22)15-10-18-9-14(21-15)13-2-1-7-19-13/h3-6,9-10,13,19H,1-2,7-8H2,(H,20,22)/t13-/m1/s1. The fourth-order valence-corrected chi connectivity index (χ4v) is 2.47. The zero-order valence-electron chi connectivity index (χ0n) is 12.1. The van der Waals surface area contributed by atoms with E-state index in [1.807, 2.05) is 0 Å². The first-order valence-corrected chi connectivity index (χ1v) is 7.30. The summed E-state index contributed by atoms with van der Waals surface area (Å²) in [6.45, 7) is 1.29. The third kappa shape index (κ3) is 3.46. The van der Waals surface area contributed by atoms with Crippen molar-refractivity contribution in [3.05, 3.63) is 59.4 Å². The van der Waals surface area contributed by atoms with Crippen LogP contribution in [-0.4, -0.2) is 22.4 Å². The Morgan fingerprint density at radius 1 is 1.32 bits per heavy atom. The second-order valence-electron chi connectivity index (χ2n) is 5.29. The molecule has 22 heavy (non-hydrogen) atoms. The first-order chi connectivity index (χ1) is 10.7. The molecular weight excluding hydrogens is 283 g/mol. The van der Waals surface area contributed by atoms with Crippen molar-refractivity contribution in [2.45, 2.75) is 25.4 Å². The quantitative estimate of drug-likeness (QED) is 0.906. The van der Waals surface area contributed by atoms with Crippen LogP contribution in [-0.2, 0) is 6.54 Å². The molecule has 1 saturated heterocycles. The van der Waals surface area contributed by atoms with Gasteiger partial charge in [-0.15, -0.1) is 0 Å².